The number of amides is 2. The summed E-state index contributed by atoms with van der Waals surface area (Å²) < 4.78 is 47.1. The van der Waals surface area contributed by atoms with Crippen LogP contribution >= 0.6 is 11.6 Å². The molecule has 2 aliphatic rings. The summed E-state index contributed by atoms with van der Waals surface area (Å²) in [6.45, 7) is 5.24. The Hall–Kier alpha value is -3.58. The van der Waals surface area contributed by atoms with Gasteiger partial charge in [0.25, 0.3) is 0 Å². The third kappa shape index (κ3) is 8.22. The summed E-state index contributed by atoms with van der Waals surface area (Å²) >= 11 is 6.26. The minimum Gasteiger partial charge on any atom is -0.408 e. The molecule has 46 heavy (non-hydrogen) atoms. The monoisotopic (exact) mass is 664 g/mol. The van der Waals surface area contributed by atoms with Crippen molar-refractivity contribution in [2.45, 2.75) is 83.6 Å². The fraction of sp³-hybridized carbons (Fsp3) is 0.562. The van der Waals surface area contributed by atoms with E-state index < -0.39 is 18.7 Å². The van der Waals surface area contributed by atoms with Gasteiger partial charge >= 0.3 is 12.3 Å². The number of benzene rings is 1. The second kappa shape index (κ2) is 14.5. The van der Waals surface area contributed by atoms with Gasteiger partial charge in [-0.15, -0.1) is 0 Å². The van der Waals surface area contributed by atoms with Crippen LogP contribution in [0.5, 0.6) is 5.75 Å². The highest BCUT2D eigenvalue weighted by atomic mass is 35.5. The number of hydrogen-bond acceptors (Lipinski definition) is 6. The van der Waals surface area contributed by atoms with Gasteiger partial charge in [0, 0.05) is 67.5 Å². The van der Waals surface area contributed by atoms with Gasteiger partial charge in [0.05, 0.1) is 29.7 Å². The van der Waals surface area contributed by atoms with Gasteiger partial charge in [0.1, 0.15) is 6.54 Å². The maximum absolute atomic E-state index is 13.1. The molecule has 3 heterocycles. The Labute approximate surface area is 270 Å². The lowest BCUT2D eigenvalue weighted by molar-refractivity contribution is -0.141. The van der Waals surface area contributed by atoms with Crippen LogP contribution in [-0.2, 0) is 11.3 Å². The van der Waals surface area contributed by atoms with E-state index in [9.17, 15) is 27.6 Å². The van der Waals surface area contributed by atoms with Gasteiger partial charge in [-0.1, -0.05) is 18.5 Å². The van der Waals surface area contributed by atoms with Crippen molar-refractivity contribution in [1.82, 2.24) is 29.5 Å². The molecule has 3 aromatic rings. The minimum atomic E-state index is -4.21. The molecule has 0 spiro atoms. The predicted molar refractivity (Wildman–Crippen MR) is 167 cm³/mol. The Morgan fingerprint density at radius 3 is 2.48 bits per heavy atom. The van der Waals surface area contributed by atoms with E-state index >= 15 is 0 Å². The standard InChI is InChI=1S/C32H40ClF3N6O4/c1-3-4-28(43)26-18-37-42(21(26)2)24-8-6-23(7-9-24)38-31(45)46-29-19-41(27-10-5-22(33)17-25(27)29)20-30(44)40-15-13-39(14-16-40)12-11-32(34,35)36/h5,10,17-19,23-24H,3-4,6-9,11-16,20H2,1-2H3,(H,38,45). The molecule has 1 aliphatic carbocycles. The van der Waals surface area contributed by atoms with E-state index in [4.69, 9.17) is 16.3 Å². The lowest BCUT2D eigenvalue weighted by atomic mass is 9.91. The number of piperazine rings is 1. The number of carbonyl (C=O) groups excluding carboxylic acids is 3. The van der Waals surface area contributed by atoms with Crippen molar-refractivity contribution in [3.63, 3.8) is 0 Å². The highest BCUT2D eigenvalue weighted by Crippen LogP contribution is 2.33. The lowest BCUT2D eigenvalue weighted by Gasteiger charge is -2.35. The number of ketones is 1. The van der Waals surface area contributed by atoms with Crippen LogP contribution in [0.3, 0.4) is 0 Å². The highest BCUT2D eigenvalue weighted by Gasteiger charge is 2.30. The first kappa shape index (κ1) is 33.8. The van der Waals surface area contributed by atoms with Crippen LogP contribution in [0.15, 0.2) is 30.6 Å². The molecule has 0 unspecified atom stereocenters. The number of halogens is 4. The van der Waals surface area contributed by atoms with Gasteiger partial charge in [-0.05, 0) is 57.2 Å². The quantitative estimate of drug-likeness (QED) is 0.261. The number of nitrogens with zero attached hydrogens (tertiary/aromatic N) is 5. The number of aromatic nitrogens is 3. The predicted octanol–water partition coefficient (Wildman–Crippen LogP) is 6.15. The van der Waals surface area contributed by atoms with E-state index in [1.165, 1.54) is 0 Å². The molecule has 0 atom stereocenters. The first-order valence-electron chi connectivity index (χ1n) is 15.8. The van der Waals surface area contributed by atoms with E-state index in [0.717, 1.165) is 37.8 Å². The number of nitrogens with one attached hydrogen (secondary N) is 1. The molecule has 0 bridgehead atoms. The average molecular weight is 665 g/mol. The SMILES string of the molecule is CCCC(=O)c1cnn(C2CCC(NC(=O)Oc3cn(CC(=O)N4CCN(CCC(F)(F)F)CC4)c4ccc(Cl)cc34)CC2)c1C. The number of Topliss-reactive ketones (excluding diaryl/α,β-unsaturated/α-hetero) is 1. The van der Waals surface area contributed by atoms with Gasteiger partial charge < -0.3 is 19.5 Å². The van der Waals surface area contributed by atoms with Gasteiger partial charge in [0.15, 0.2) is 11.5 Å². The zero-order valence-corrected chi connectivity index (χ0v) is 26.9. The van der Waals surface area contributed by atoms with Crippen molar-refractivity contribution < 1.29 is 32.3 Å². The van der Waals surface area contributed by atoms with Gasteiger partial charge in [-0.3, -0.25) is 19.2 Å². The normalized spacial score (nSPS) is 19.4. The first-order valence-corrected chi connectivity index (χ1v) is 16.2. The van der Waals surface area contributed by atoms with E-state index in [0.29, 0.717) is 54.1 Å². The Bertz CT molecular complexity index is 1550. The molecular weight excluding hydrogens is 625 g/mol. The second-order valence-electron chi connectivity index (χ2n) is 12.2. The molecular formula is C32H40ClF3N6O4. The van der Waals surface area contributed by atoms with E-state index in [-0.39, 0.29) is 42.6 Å². The number of rotatable bonds is 10. The summed E-state index contributed by atoms with van der Waals surface area (Å²) in [6, 6.07) is 5.19. The molecule has 2 fully saturated rings. The van der Waals surface area contributed by atoms with E-state index in [1.807, 2.05) is 18.5 Å². The van der Waals surface area contributed by atoms with Crippen molar-refractivity contribution >= 4 is 40.3 Å². The van der Waals surface area contributed by atoms with Crippen LogP contribution in [0.4, 0.5) is 18.0 Å². The molecule has 5 rings (SSSR count). The summed E-state index contributed by atoms with van der Waals surface area (Å²) in [6.07, 6.45) is 1.91. The second-order valence-corrected chi connectivity index (χ2v) is 12.6. The van der Waals surface area contributed by atoms with Crippen molar-refractivity contribution in [2.75, 3.05) is 32.7 Å². The smallest absolute Gasteiger partial charge is 0.408 e. The highest BCUT2D eigenvalue weighted by molar-refractivity contribution is 6.31. The fourth-order valence-corrected chi connectivity index (χ4v) is 6.56. The van der Waals surface area contributed by atoms with Crippen LogP contribution in [0.2, 0.25) is 5.02 Å². The van der Waals surface area contributed by atoms with Crippen molar-refractivity contribution in [2.24, 2.45) is 0 Å². The van der Waals surface area contributed by atoms with Crippen molar-refractivity contribution in [1.29, 1.82) is 0 Å². The molecule has 1 aromatic carbocycles. The maximum atomic E-state index is 13.1. The summed E-state index contributed by atoms with van der Waals surface area (Å²) in [4.78, 5) is 41.9. The van der Waals surface area contributed by atoms with E-state index in [2.05, 4.69) is 10.4 Å². The third-order valence-electron chi connectivity index (χ3n) is 8.94. The molecule has 1 aliphatic heterocycles. The third-order valence-corrected chi connectivity index (χ3v) is 9.17. The van der Waals surface area contributed by atoms with Crippen LogP contribution in [0.1, 0.15) is 74.0 Å². The number of hydrogen-bond donors (Lipinski definition) is 1. The zero-order valence-electron chi connectivity index (χ0n) is 26.1. The lowest BCUT2D eigenvalue weighted by Crippen LogP contribution is -2.50. The number of ether oxygens (including phenoxy) is 1. The van der Waals surface area contributed by atoms with Gasteiger partial charge in [0.2, 0.25) is 5.91 Å². The van der Waals surface area contributed by atoms with Crippen LogP contribution in [0.25, 0.3) is 10.9 Å². The Balaban J connectivity index is 1.16. The van der Waals surface area contributed by atoms with E-state index in [1.54, 1.807) is 45.0 Å². The summed E-state index contributed by atoms with van der Waals surface area (Å²) in [5.74, 6) is 0.201. The topological polar surface area (TPSA) is 102 Å². The van der Waals surface area contributed by atoms with Crippen LogP contribution in [0, 0.1) is 6.92 Å². The molecule has 2 aromatic heterocycles. The van der Waals surface area contributed by atoms with Gasteiger partial charge in [-0.25, -0.2) is 4.79 Å². The first-order chi connectivity index (χ1) is 21.9. The van der Waals surface area contributed by atoms with Crippen LogP contribution in [-0.4, -0.2) is 86.9 Å². The Morgan fingerprint density at radius 1 is 1.09 bits per heavy atom. The molecule has 2 amide bonds. The maximum Gasteiger partial charge on any atom is 0.412 e. The summed E-state index contributed by atoms with van der Waals surface area (Å²) in [7, 11) is 0. The minimum absolute atomic E-state index is 0.0196. The van der Waals surface area contributed by atoms with Gasteiger partial charge in [-0.2, -0.15) is 18.3 Å². The molecule has 10 nitrogen and oxygen atoms in total. The average Bonchev–Trinajstić information content (AvgIpc) is 3.55. The Morgan fingerprint density at radius 2 is 1.80 bits per heavy atom. The number of carbonyl (C=O) groups is 3. The largest absolute Gasteiger partial charge is 0.412 e. The van der Waals surface area contributed by atoms with Crippen molar-refractivity contribution in [3.8, 4) is 5.75 Å². The molecule has 250 valence electrons. The summed E-state index contributed by atoms with van der Waals surface area (Å²) in [5, 5.41) is 8.49. The van der Waals surface area contributed by atoms with Crippen molar-refractivity contribution in [3.05, 3.63) is 46.9 Å². The molecule has 1 saturated carbocycles. The summed E-state index contributed by atoms with van der Waals surface area (Å²) in [5.41, 5.74) is 2.22. The number of alkyl halides is 3. The molecule has 1 N–H and O–H groups in total. The number of fused-ring (bicyclic) bond motifs is 1. The Kier molecular flexibility index (Phi) is 10.6. The fourth-order valence-electron chi connectivity index (χ4n) is 6.39. The zero-order chi connectivity index (χ0) is 33.0. The molecule has 1 saturated heterocycles. The molecule has 0 radical (unpaired) electrons. The van der Waals surface area contributed by atoms with Crippen LogP contribution < -0.4 is 10.1 Å². The molecule has 14 heteroatoms.